The monoisotopic (exact) mass is 318 g/mol. The Kier molecular flexibility index (Phi) is 4.52. The summed E-state index contributed by atoms with van der Waals surface area (Å²) in [5.41, 5.74) is 3.87. The van der Waals surface area contributed by atoms with Crippen LogP contribution in [0.4, 0.5) is 17.3 Å². The lowest BCUT2D eigenvalue weighted by atomic mass is 10.2. The third kappa shape index (κ3) is 3.95. The molecule has 0 spiro atoms. The van der Waals surface area contributed by atoms with Crippen LogP contribution in [-0.4, -0.2) is 15.9 Å². The van der Waals surface area contributed by atoms with E-state index in [1.165, 1.54) is 0 Å². The zero-order valence-corrected chi connectivity index (χ0v) is 13.6. The van der Waals surface area contributed by atoms with Crippen LogP contribution in [-0.2, 0) is 0 Å². The number of nitrogens with one attached hydrogen (secondary N) is 2. The van der Waals surface area contributed by atoms with Crippen molar-refractivity contribution in [1.82, 2.24) is 9.97 Å². The number of carbonyl (C=O) groups is 1. The van der Waals surface area contributed by atoms with Gasteiger partial charge in [-0.1, -0.05) is 24.3 Å². The second-order valence-electron chi connectivity index (χ2n) is 5.50. The fourth-order valence-electron chi connectivity index (χ4n) is 2.37. The van der Waals surface area contributed by atoms with E-state index in [1.807, 2.05) is 62.4 Å². The van der Waals surface area contributed by atoms with Crippen molar-refractivity contribution >= 4 is 23.2 Å². The second-order valence-corrected chi connectivity index (χ2v) is 5.50. The summed E-state index contributed by atoms with van der Waals surface area (Å²) < 4.78 is 0. The van der Waals surface area contributed by atoms with E-state index < -0.39 is 0 Å². The molecule has 2 N–H and O–H groups in total. The minimum absolute atomic E-state index is 0.161. The molecule has 0 unspecified atom stereocenters. The quantitative estimate of drug-likeness (QED) is 0.760. The smallest absolute Gasteiger partial charge is 0.255 e. The lowest BCUT2D eigenvalue weighted by molar-refractivity contribution is 0.102. The Labute approximate surface area is 140 Å². The average Bonchev–Trinajstić information content (AvgIpc) is 2.55. The number of para-hydroxylation sites is 1. The van der Waals surface area contributed by atoms with E-state index in [4.69, 9.17) is 0 Å². The molecule has 0 saturated heterocycles. The molecule has 0 aliphatic rings. The highest BCUT2D eigenvalue weighted by molar-refractivity contribution is 6.04. The number of hydrogen-bond acceptors (Lipinski definition) is 4. The Morgan fingerprint density at radius 1 is 0.833 bits per heavy atom. The van der Waals surface area contributed by atoms with E-state index in [2.05, 4.69) is 20.6 Å². The number of hydrogen-bond donors (Lipinski definition) is 2. The van der Waals surface area contributed by atoms with Crippen LogP contribution in [0.15, 0.2) is 60.7 Å². The first-order valence-corrected chi connectivity index (χ1v) is 7.66. The molecular formula is C19H18N4O. The van der Waals surface area contributed by atoms with Gasteiger partial charge in [0, 0.05) is 28.3 Å². The van der Waals surface area contributed by atoms with Crippen molar-refractivity contribution in [2.75, 3.05) is 10.6 Å². The molecule has 24 heavy (non-hydrogen) atoms. The molecule has 5 nitrogen and oxygen atoms in total. The Hall–Kier alpha value is -3.21. The summed E-state index contributed by atoms with van der Waals surface area (Å²) in [5.74, 6) is 0.360. The van der Waals surface area contributed by atoms with Crippen LogP contribution in [0.5, 0.6) is 0 Å². The molecule has 1 heterocycles. The molecule has 5 heteroatoms. The second kappa shape index (κ2) is 6.91. The summed E-state index contributed by atoms with van der Waals surface area (Å²) in [7, 11) is 0. The van der Waals surface area contributed by atoms with E-state index in [0.717, 1.165) is 22.8 Å². The van der Waals surface area contributed by atoms with Crippen LogP contribution in [0.1, 0.15) is 21.7 Å². The molecule has 0 atom stereocenters. The van der Waals surface area contributed by atoms with Crippen molar-refractivity contribution in [2.24, 2.45) is 0 Å². The SMILES string of the molecule is Cc1cc(C)nc(Nc2cccc(C(=O)Nc3ccccc3)c2)n1. The molecular weight excluding hydrogens is 300 g/mol. The number of nitrogens with zero attached hydrogens (tertiary/aromatic N) is 2. The van der Waals surface area contributed by atoms with Gasteiger partial charge in [0.25, 0.3) is 5.91 Å². The molecule has 1 aromatic heterocycles. The fraction of sp³-hybridized carbons (Fsp3) is 0.105. The first-order valence-electron chi connectivity index (χ1n) is 7.66. The third-order valence-corrected chi connectivity index (χ3v) is 3.39. The number of benzene rings is 2. The van der Waals surface area contributed by atoms with Gasteiger partial charge in [0.05, 0.1) is 0 Å². The Balaban J connectivity index is 1.77. The highest BCUT2D eigenvalue weighted by Gasteiger charge is 2.07. The highest BCUT2D eigenvalue weighted by atomic mass is 16.1. The topological polar surface area (TPSA) is 66.9 Å². The lowest BCUT2D eigenvalue weighted by Gasteiger charge is -2.09. The number of carbonyl (C=O) groups excluding carboxylic acids is 1. The van der Waals surface area contributed by atoms with Gasteiger partial charge in [-0.05, 0) is 50.2 Å². The van der Waals surface area contributed by atoms with E-state index in [-0.39, 0.29) is 5.91 Å². The maximum atomic E-state index is 12.4. The van der Waals surface area contributed by atoms with Crippen molar-refractivity contribution in [3.05, 3.63) is 77.6 Å². The summed E-state index contributed by atoms with van der Waals surface area (Å²) in [6.07, 6.45) is 0. The highest BCUT2D eigenvalue weighted by Crippen LogP contribution is 2.17. The summed E-state index contributed by atoms with van der Waals surface area (Å²) in [6.45, 7) is 3.84. The van der Waals surface area contributed by atoms with E-state index >= 15 is 0 Å². The molecule has 0 saturated carbocycles. The largest absolute Gasteiger partial charge is 0.324 e. The van der Waals surface area contributed by atoms with Gasteiger partial charge in [0.15, 0.2) is 0 Å². The fourth-order valence-corrected chi connectivity index (χ4v) is 2.37. The number of rotatable bonds is 4. The first kappa shape index (κ1) is 15.7. The number of aromatic nitrogens is 2. The predicted octanol–water partition coefficient (Wildman–Crippen LogP) is 4.09. The molecule has 3 rings (SSSR count). The van der Waals surface area contributed by atoms with Gasteiger partial charge in [0.1, 0.15) is 0 Å². The number of aryl methyl sites for hydroxylation is 2. The predicted molar refractivity (Wildman–Crippen MR) is 95.6 cm³/mol. The maximum Gasteiger partial charge on any atom is 0.255 e. The van der Waals surface area contributed by atoms with Gasteiger partial charge in [0.2, 0.25) is 5.95 Å². The summed E-state index contributed by atoms with van der Waals surface area (Å²) in [6, 6.07) is 18.5. The molecule has 0 aliphatic carbocycles. The van der Waals surface area contributed by atoms with Crippen LogP contribution < -0.4 is 10.6 Å². The van der Waals surface area contributed by atoms with Crippen molar-refractivity contribution in [1.29, 1.82) is 0 Å². The van der Waals surface area contributed by atoms with Crippen LogP contribution >= 0.6 is 0 Å². The van der Waals surface area contributed by atoms with E-state index in [9.17, 15) is 4.79 Å². The molecule has 3 aromatic rings. The van der Waals surface area contributed by atoms with Gasteiger partial charge < -0.3 is 10.6 Å². The molecule has 1 amide bonds. The average molecular weight is 318 g/mol. The first-order chi connectivity index (χ1) is 11.6. The van der Waals surface area contributed by atoms with Crippen LogP contribution in [0.3, 0.4) is 0 Å². The van der Waals surface area contributed by atoms with Gasteiger partial charge in [-0.25, -0.2) is 9.97 Å². The van der Waals surface area contributed by atoms with Crippen molar-refractivity contribution in [3.63, 3.8) is 0 Å². The van der Waals surface area contributed by atoms with Gasteiger partial charge >= 0.3 is 0 Å². The lowest BCUT2D eigenvalue weighted by Crippen LogP contribution is -2.12. The van der Waals surface area contributed by atoms with Crippen LogP contribution in [0.2, 0.25) is 0 Å². The van der Waals surface area contributed by atoms with Gasteiger partial charge in [-0.2, -0.15) is 0 Å². The van der Waals surface area contributed by atoms with Crippen LogP contribution in [0, 0.1) is 13.8 Å². The maximum absolute atomic E-state index is 12.4. The minimum atomic E-state index is -0.161. The Bertz CT molecular complexity index is 842. The van der Waals surface area contributed by atoms with Gasteiger partial charge in [-0.15, -0.1) is 0 Å². The molecule has 0 fully saturated rings. The standard InChI is InChI=1S/C19H18N4O/c1-13-11-14(2)21-19(20-13)23-17-10-6-7-15(12-17)18(24)22-16-8-4-3-5-9-16/h3-12H,1-2H3,(H,22,24)(H,20,21,23). The zero-order valence-electron chi connectivity index (χ0n) is 13.6. The zero-order chi connectivity index (χ0) is 16.9. The number of amides is 1. The molecule has 0 bridgehead atoms. The van der Waals surface area contributed by atoms with Crippen LogP contribution in [0.25, 0.3) is 0 Å². The Morgan fingerprint density at radius 2 is 1.50 bits per heavy atom. The molecule has 0 radical (unpaired) electrons. The normalized spacial score (nSPS) is 10.2. The summed E-state index contributed by atoms with van der Waals surface area (Å²) in [5, 5.41) is 6.01. The number of anilines is 3. The van der Waals surface area contributed by atoms with Gasteiger partial charge in [-0.3, -0.25) is 4.79 Å². The molecule has 0 aliphatic heterocycles. The van der Waals surface area contributed by atoms with Crippen molar-refractivity contribution in [3.8, 4) is 0 Å². The van der Waals surface area contributed by atoms with E-state index in [0.29, 0.717) is 11.5 Å². The minimum Gasteiger partial charge on any atom is -0.324 e. The molecule has 120 valence electrons. The van der Waals surface area contributed by atoms with Crippen molar-refractivity contribution < 1.29 is 4.79 Å². The summed E-state index contributed by atoms with van der Waals surface area (Å²) in [4.78, 5) is 21.1. The van der Waals surface area contributed by atoms with E-state index in [1.54, 1.807) is 12.1 Å². The summed E-state index contributed by atoms with van der Waals surface area (Å²) >= 11 is 0. The molecule has 2 aromatic carbocycles. The van der Waals surface area contributed by atoms with Crippen molar-refractivity contribution in [2.45, 2.75) is 13.8 Å². The third-order valence-electron chi connectivity index (χ3n) is 3.39. The Morgan fingerprint density at radius 3 is 2.21 bits per heavy atom.